The molecule has 0 spiro atoms. The van der Waals surface area contributed by atoms with E-state index in [4.69, 9.17) is 16.7 Å². The van der Waals surface area contributed by atoms with Crippen LogP contribution in [0.3, 0.4) is 0 Å². The molecule has 1 rings (SSSR count). The van der Waals surface area contributed by atoms with Crippen molar-refractivity contribution in [2.24, 2.45) is 0 Å². The van der Waals surface area contributed by atoms with Crippen LogP contribution in [0.2, 0.25) is 5.02 Å². The maximum Gasteiger partial charge on any atom is 0.411 e. The first-order valence-electron chi connectivity index (χ1n) is 5.40. The topological polar surface area (TPSA) is 71.4 Å². The highest BCUT2D eigenvalue weighted by Crippen LogP contribution is 2.37. The minimum Gasteiger partial charge on any atom is -0.477 e. The van der Waals surface area contributed by atoms with Gasteiger partial charge in [0.25, 0.3) is 0 Å². The lowest BCUT2D eigenvalue weighted by molar-refractivity contribution is -0.220. The summed E-state index contributed by atoms with van der Waals surface area (Å²) in [7, 11) is 0. The van der Waals surface area contributed by atoms with Gasteiger partial charge in [-0.3, -0.25) is 9.59 Å². The summed E-state index contributed by atoms with van der Waals surface area (Å²) < 4.78 is 52.6. The summed E-state index contributed by atoms with van der Waals surface area (Å²) in [4.78, 5) is 31.1. The van der Waals surface area contributed by atoms with Crippen LogP contribution in [0, 0.1) is 0 Å². The van der Waals surface area contributed by atoms with Gasteiger partial charge in [-0.25, -0.2) is 4.79 Å². The van der Waals surface area contributed by atoms with E-state index in [1.165, 1.54) is 12.1 Å². The van der Waals surface area contributed by atoms with E-state index in [0.717, 1.165) is 12.1 Å². The smallest absolute Gasteiger partial charge is 0.411 e. The SMILES string of the molecule is O=C(c1ccc(Cl)cc1)C(Br)C(=O)C(F)(F)C(F)(F)C(=O)O. The molecule has 22 heavy (non-hydrogen) atoms. The predicted molar refractivity (Wildman–Crippen MR) is 71.0 cm³/mol. The molecule has 1 aromatic carbocycles. The second-order valence-corrected chi connectivity index (χ2v) is 5.40. The molecule has 1 aromatic rings. The Labute approximate surface area is 134 Å². The highest BCUT2D eigenvalue weighted by molar-refractivity contribution is 9.10. The molecular weight excluding hydrogens is 399 g/mol. The third kappa shape index (κ3) is 3.30. The number of carbonyl (C=O) groups is 3. The molecule has 0 aliphatic carbocycles. The van der Waals surface area contributed by atoms with Crippen LogP contribution in [0.4, 0.5) is 17.6 Å². The Hall–Kier alpha value is -1.48. The lowest BCUT2D eigenvalue weighted by atomic mass is 9.99. The summed E-state index contributed by atoms with van der Waals surface area (Å²) in [6.45, 7) is 0. The first kappa shape index (κ1) is 18.6. The van der Waals surface area contributed by atoms with E-state index in [1.807, 2.05) is 0 Å². The number of rotatable bonds is 6. The van der Waals surface area contributed by atoms with Gasteiger partial charge in [0.1, 0.15) is 4.83 Å². The lowest BCUT2D eigenvalue weighted by Crippen LogP contribution is -2.55. The number of aliphatic carboxylic acids is 1. The van der Waals surface area contributed by atoms with Crippen molar-refractivity contribution in [3.63, 3.8) is 0 Å². The van der Waals surface area contributed by atoms with Gasteiger partial charge < -0.3 is 5.11 Å². The van der Waals surface area contributed by atoms with Crippen LogP contribution >= 0.6 is 27.5 Å². The van der Waals surface area contributed by atoms with E-state index in [1.54, 1.807) is 0 Å². The molecule has 0 aliphatic rings. The Bertz CT molecular complexity index is 618. The van der Waals surface area contributed by atoms with Gasteiger partial charge in [0.2, 0.25) is 5.78 Å². The first-order chi connectivity index (χ1) is 9.92. The number of Topliss-reactive ketones (excluding diaryl/α,β-unsaturated/α-hetero) is 2. The summed E-state index contributed by atoms with van der Waals surface area (Å²) in [6, 6.07) is 4.64. The van der Waals surface area contributed by atoms with Crippen molar-refractivity contribution in [3.8, 4) is 0 Å². The Morgan fingerprint density at radius 1 is 1.05 bits per heavy atom. The number of carboxylic acid groups (broad SMARTS) is 1. The van der Waals surface area contributed by atoms with Crippen molar-refractivity contribution in [1.29, 1.82) is 0 Å². The van der Waals surface area contributed by atoms with Gasteiger partial charge in [-0.1, -0.05) is 27.5 Å². The average Bonchev–Trinajstić information content (AvgIpc) is 2.45. The number of carbonyl (C=O) groups excluding carboxylic acids is 2. The van der Waals surface area contributed by atoms with Crippen molar-refractivity contribution in [3.05, 3.63) is 34.9 Å². The number of hydrogen-bond donors (Lipinski definition) is 1. The number of ketones is 2. The minimum absolute atomic E-state index is 0.219. The fourth-order valence-electron chi connectivity index (χ4n) is 1.33. The van der Waals surface area contributed by atoms with E-state index in [9.17, 15) is 31.9 Å². The fraction of sp³-hybridized carbons (Fsp3) is 0.250. The molecule has 0 radical (unpaired) electrons. The third-order valence-electron chi connectivity index (χ3n) is 2.56. The monoisotopic (exact) mass is 404 g/mol. The molecule has 0 amide bonds. The molecule has 0 fully saturated rings. The molecule has 0 bridgehead atoms. The fourth-order valence-corrected chi connectivity index (χ4v) is 2.01. The largest absolute Gasteiger partial charge is 0.477 e. The Morgan fingerprint density at radius 3 is 1.91 bits per heavy atom. The molecular formula is C12H6BrClF4O4. The molecule has 1 unspecified atom stereocenters. The molecule has 10 heteroatoms. The molecule has 1 atom stereocenters. The van der Waals surface area contributed by atoms with Crippen molar-refractivity contribution in [2.75, 3.05) is 0 Å². The maximum absolute atomic E-state index is 13.4. The van der Waals surface area contributed by atoms with Crippen molar-refractivity contribution < 1.29 is 37.1 Å². The van der Waals surface area contributed by atoms with E-state index in [-0.39, 0.29) is 10.6 Å². The van der Waals surface area contributed by atoms with Crippen LogP contribution in [-0.2, 0) is 9.59 Å². The number of alkyl halides is 5. The zero-order valence-corrected chi connectivity index (χ0v) is 12.7. The molecule has 0 aliphatic heterocycles. The Morgan fingerprint density at radius 2 is 1.50 bits per heavy atom. The Kier molecular flexibility index (Phi) is 5.34. The highest BCUT2D eigenvalue weighted by Gasteiger charge is 2.68. The van der Waals surface area contributed by atoms with E-state index in [2.05, 4.69) is 15.9 Å². The molecule has 0 aromatic heterocycles. The highest BCUT2D eigenvalue weighted by atomic mass is 79.9. The van der Waals surface area contributed by atoms with Gasteiger partial charge in [-0.05, 0) is 24.3 Å². The van der Waals surface area contributed by atoms with Crippen molar-refractivity contribution in [1.82, 2.24) is 0 Å². The molecule has 1 N–H and O–H groups in total. The van der Waals surface area contributed by atoms with E-state index in [0.29, 0.717) is 0 Å². The standard InChI is InChI=1S/C12H6BrClF4O4/c13-7(8(19)5-1-3-6(14)4-2-5)9(20)11(15,16)12(17,18)10(21)22/h1-4,7H,(H,21,22). The van der Waals surface area contributed by atoms with Gasteiger partial charge in [-0.2, -0.15) is 17.6 Å². The summed E-state index contributed by atoms with van der Waals surface area (Å²) in [6.07, 6.45) is 0. The molecule has 0 saturated carbocycles. The molecule has 120 valence electrons. The minimum atomic E-state index is -5.64. The average molecular weight is 406 g/mol. The molecule has 0 saturated heterocycles. The summed E-state index contributed by atoms with van der Waals surface area (Å²) >= 11 is 7.85. The lowest BCUT2D eigenvalue weighted by Gasteiger charge is -2.23. The van der Waals surface area contributed by atoms with Gasteiger partial charge in [0.15, 0.2) is 5.78 Å². The third-order valence-corrected chi connectivity index (χ3v) is 3.65. The number of carboxylic acids is 1. The first-order valence-corrected chi connectivity index (χ1v) is 6.69. The van der Waals surface area contributed by atoms with E-state index >= 15 is 0 Å². The zero-order chi connectivity index (χ0) is 17.3. The maximum atomic E-state index is 13.4. The van der Waals surface area contributed by atoms with Gasteiger partial charge >= 0.3 is 17.8 Å². The summed E-state index contributed by atoms with van der Waals surface area (Å²) in [5.41, 5.74) is -0.242. The second kappa shape index (κ2) is 6.33. The van der Waals surface area contributed by atoms with Crippen LogP contribution in [0.1, 0.15) is 10.4 Å². The van der Waals surface area contributed by atoms with Crippen molar-refractivity contribution >= 4 is 45.1 Å². The van der Waals surface area contributed by atoms with Gasteiger partial charge in [0, 0.05) is 10.6 Å². The van der Waals surface area contributed by atoms with E-state index < -0.39 is 34.2 Å². The normalized spacial score (nSPS) is 13.5. The number of benzene rings is 1. The summed E-state index contributed by atoms with van der Waals surface area (Å²) in [5, 5.41) is 8.32. The predicted octanol–water partition coefficient (Wildman–Crippen LogP) is 3.21. The Balaban J connectivity index is 3.09. The van der Waals surface area contributed by atoms with Gasteiger partial charge in [-0.15, -0.1) is 0 Å². The van der Waals surface area contributed by atoms with Crippen LogP contribution in [0.15, 0.2) is 24.3 Å². The quantitative estimate of drug-likeness (QED) is 0.341. The molecule has 4 nitrogen and oxygen atoms in total. The van der Waals surface area contributed by atoms with Crippen LogP contribution in [0.25, 0.3) is 0 Å². The zero-order valence-electron chi connectivity index (χ0n) is 10.3. The van der Waals surface area contributed by atoms with Gasteiger partial charge in [0.05, 0.1) is 0 Å². The second-order valence-electron chi connectivity index (χ2n) is 4.05. The van der Waals surface area contributed by atoms with Crippen molar-refractivity contribution in [2.45, 2.75) is 16.7 Å². The van der Waals surface area contributed by atoms with Crippen LogP contribution in [0.5, 0.6) is 0 Å². The number of hydrogen-bond acceptors (Lipinski definition) is 3. The van der Waals surface area contributed by atoms with Crippen LogP contribution < -0.4 is 0 Å². The number of halogens is 6. The van der Waals surface area contributed by atoms with Crippen LogP contribution in [-0.4, -0.2) is 39.3 Å². The molecule has 0 heterocycles. The summed E-state index contributed by atoms with van der Waals surface area (Å²) in [5.74, 6) is -18.2.